The van der Waals surface area contributed by atoms with Crippen LogP contribution in [0.3, 0.4) is 0 Å². The fraction of sp³-hybridized carbons (Fsp3) is 0.227. The average molecular weight is 477 g/mol. The number of nitrogens with zero attached hydrogens (tertiary/aromatic N) is 1. The molecule has 0 aliphatic carbocycles. The molecule has 3 rings (SSSR count). The van der Waals surface area contributed by atoms with Crippen LogP contribution in [0.5, 0.6) is 11.5 Å². The predicted octanol–water partition coefficient (Wildman–Crippen LogP) is 5.06. The molecule has 2 amide bonds. The van der Waals surface area contributed by atoms with E-state index in [-0.39, 0.29) is 24.0 Å². The van der Waals surface area contributed by atoms with Gasteiger partial charge in [-0.25, -0.2) is 0 Å². The number of amides is 2. The van der Waals surface area contributed by atoms with Crippen molar-refractivity contribution in [2.75, 3.05) is 18.5 Å². The van der Waals surface area contributed by atoms with Gasteiger partial charge in [-0.05, 0) is 61.9 Å². The van der Waals surface area contributed by atoms with Crippen LogP contribution in [0.4, 0.5) is 5.69 Å². The van der Waals surface area contributed by atoms with E-state index in [2.05, 4.69) is 5.32 Å². The second-order valence-corrected chi connectivity index (χ2v) is 8.76. The van der Waals surface area contributed by atoms with Crippen LogP contribution in [0.25, 0.3) is 6.08 Å². The molecule has 9 heteroatoms. The third-order valence-electron chi connectivity index (χ3n) is 4.38. The van der Waals surface area contributed by atoms with E-state index in [4.69, 9.17) is 28.6 Å². The number of halogens is 1. The van der Waals surface area contributed by atoms with Crippen molar-refractivity contribution in [1.82, 2.24) is 4.90 Å². The Hall–Kier alpha value is -2.55. The van der Waals surface area contributed by atoms with Crippen LogP contribution in [-0.2, 0) is 9.59 Å². The number of benzene rings is 2. The van der Waals surface area contributed by atoms with E-state index in [9.17, 15) is 14.7 Å². The SMILES string of the molecule is CCOc1ccc(NC(=O)CCCN2C(=O)/C(=C/c3cc(Cl)ccc3O)SC2=S)cc1. The maximum atomic E-state index is 12.7. The highest BCUT2D eigenvalue weighted by atomic mass is 35.5. The second kappa shape index (κ2) is 10.7. The maximum Gasteiger partial charge on any atom is 0.266 e. The van der Waals surface area contributed by atoms with E-state index < -0.39 is 0 Å². The van der Waals surface area contributed by atoms with Crippen LogP contribution in [0.2, 0.25) is 5.02 Å². The molecule has 2 N–H and O–H groups in total. The van der Waals surface area contributed by atoms with Gasteiger partial charge in [0, 0.05) is 29.2 Å². The Morgan fingerprint density at radius 1 is 1.29 bits per heavy atom. The van der Waals surface area contributed by atoms with Crippen molar-refractivity contribution in [3.63, 3.8) is 0 Å². The van der Waals surface area contributed by atoms with E-state index in [0.29, 0.717) is 45.1 Å². The molecule has 0 saturated carbocycles. The lowest BCUT2D eigenvalue weighted by Gasteiger charge is -2.14. The molecule has 0 spiro atoms. The van der Waals surface area contributed by atoms with Gasteiger partial charge in [0.1, 0.15) is 15.8 Å². The fourth-order valence-corrected chi connectivity index (χ4v) is 4.38. The number of thioether (sulfide) groups is 1. The molecular weight excluding hydrogens is 456 g/mol. The van der Waals surface area contributed by atoms with Gasteiger partial charge in [-0.2, -0.15) is 0 Å². The summed E-state index contributed by atoms with van der Waals surface area (Å²) < 4.78 is 5.80. The van der Waals surface area contributed by atoms with Crippen LogP contribution in [-0.4, -0.2) is 39.3 Å². The summed E-state index contributed by atoms with van der Waals surface area (Å²) in [6.07, 6.45) is 2.28. The number of carbonyl (C=O) groups excluding carboxylic acids is 2. The molecule has 162 valence electrons. The van der Waals surface area contributed by atoms with Crippen molar-refractivity contribution in [1.29, 1.82) is 0 Å². The van der Waals surface area contributed by atoms with Crippen molar-refractivity contribution >= 4 is 63.5 Å². The first-order valence-electron chi connectivity index (χ1n) is 9.64. The van der Waals surface area contributed by atoms with Crippen LogP contribution in [0.15, 0.2) is 47.4 Å². The molecule has 6 nitrogen and oxygen atoms in total. The van der Waals surface area contributed by atoms with Gasteiger partial charge in [0.05, 0.1) is 11.5 Å². The highest BCUT2D eigenvalue weighted by Gasteiger charge is 2.31. The predicted molar refractivity (Wildman–Crippen MR) is 128 cm³/mol. The number of hydrogen-bond donors (Lipinski definition) is 2. The van der Waals surface area contributed by atoms with Gasteiger partial charge in [-0.3, -0.25) is 14.5 Å². The van der Waals surface area contributed by atoms with Crippen LogP contribution < -0.4 is 10.1 Å². The molecule has 1 heterocycles. The molecule has 0 radical (unpaired) electrons. The summed E-state index contributed by atoms with van der Waals surface area (Å²) in [6, 6.07) is 11.8. The number of anilines is 1. The lowest BCUT2D eigenvalue weighted by molar-refractivity contribution is -0.122. The molecule has 1 aliphatic heterocycles. The molecule has 1 saturated heterocycles. The number of carbonyl (C=O) groups is 2. The lowest BCUT2D eigenvalue weighted by Crippen LogP contribution is -2.29. The third kappa shape index (κ3) is 6.22. The molecule has 0 unspecified atom stereocenters. The number of hydrogen-bond acceptors (Lipinski definition) is 6. The zero-order valence-electron chi connectivity index (χ0n) is 16.8. The smallest absolute Gasteiger partial charge is 0.266 e. The largest absolute Gasteiger partial charge is 0.507 e. The molecular formula is C22H21ClN2O4S2. The number of phenols is 1. The van der Waals surface area contributed by atoms with Gasteiger partial charge in [-0.1, -0.05) is 35.6 Å². The van der Waals surface area contributed by atoms with Gasteiger partial charge in [0.15, 0.2) is 0 Å². The van der Waals surface area contributed by atoms with Gasteiger partial charge in [0.25, 0.3) is 5.91 Å². The third-order valence-corrected chi connectivity index (χ3v) is 6.00. The Balaban J connectivity index is 1.52. The molecule has 0 aromatic heterocycles. The number of phenolic OH excluding ortho intramolecular Hbond substituents is 1. The van der Waals surface area contributed by atoms with Gasteiger partial charge < -0.3 is 15.2 Å². The Morgan fingerprint density at radius 2 is 2.03 bits per heavy atom. The minimum atomic E-state index is -0.249. The molecule has 31 heavy (non-hydrogen) atoms. The molecule has 1 aliphatic rings. The molecule has 2 aromatic rings. The first kappa shape index (κ1) is 23.1. The Morgan fingerprint density at radius 3 is 2.74 bits per heavy atom. The summed E-state index contributed by atoms with van der Waals surface area (Å²) in [7, 11) is 0. The van der Waals surface area contributed by atoms with E-state index in [0.717, 1.165) is 17.5 Å². The molecule has 2 aromatic carbocycles. The summed E-state index contributed by atoms with van der Waals surface area (Å²) in [5, 5.41) is 13.2. The highest BCUT2D eigenvalue weighted by molar-refractivity contribution is 8.26. The number of thiocarbonyl (C=S) groups is 1. The monoisotopic (exact) mass is 476 g/mol. The highest BCUT2D eigenvalue weighted by Crippen LogP contribution is 2.34. The van der Waals surface area contributed by atoms with Crippen LogP contribution in [0.1, 0.15) is 25.3 Å². The van der Waals surface area contributed by atoms with Crippen molar-refractivity contribution < 1.29 is 19.4 Å². The number of ether oxygens (including phenoxy) is 1. The molecule has 0 atom stereocenters. The van der Waals surface area contributed by atoms with Crippen LogP contribution in [0, 0.1) is 0 Å². The maximum absolute atomic E-state index is 12.7. The van der Waals surface area contributed by atoms with E-state index in [1.807, 2.05) is 6.92 Å². The summed E-state index contributed by atoms with van der Waals surface area (Å²) in [6.45, 7) is 2.82. The Bertz CT molecular complexity index is 1020. The van der Waals surface area contributed by atoms with Gasteiger partial charge in [-0.15, -0.1) is 0 Å². The molecule has 1 fully saturated rings. The van der Waals surface area contributed by atoms with Gasteiger partial charge in [0.2, 0.25) is 5.91 Å². The number of nitrogens with one attached hydrogen (secondary N) is 1. The normalized spacial score (nSPS) is 14.9. The first-order valence-corrected chi connectivity index (χ1v) is 11.2. The second-order valence-electron chi connectivity index (χ2n) is 6.65. The lowest BCUT2D eigenvalue weighted by atomic mass is 10.2. The van der Waals surface area contributed by atoms with E-state index >= 15 is 0 Å². The average Bonchev–Trinajstić information content (AvgIpc) is 3.00. The van der Waals surface area contributed by atoms with E-state index in [1.165, 1.54) is 11.0 Å². The summed E-state index contributed by atoms with van der Waals surface area (Å²) >= 11 is 12.4. The summed E-state index contributed by atoms with van der Waals surface area (Å²) in [5.74, 6) is 0.380. The zero-order valence-corrected chi connectivity index (χ0v) is 19.1. The van der Waals surface area contributed by atoms with Crippen LogP contribution >= 0.6 is 35.6 Å². The van der Waals surface area contributed by atoms with Gasteiger partial charge >= 0.3 is 0 Å². The number of aromatic hydroxyl groups is 1. The topological polar surface area (TPSA) is 78.9 Å². The quantitative estimate of drug-likeness (QED) is 0.409. The van der Waals surface area contributed by atoms with Crippen molar-refractivity contribution in [2.45, 2.75) is 19.8 Å². The fourth-order valence-electron chi connectivity index (χ4n) is 2.90. The molecule has 0 bridgehead atoms. The van der Waals surface area contributed by atoms with Crippen molar-refractivity contribution in [2.24, 2.45) is 0 Å². The minimum absolute atomic E-state index is 0.0284. The summed E-state index contributed by atoms with van der Waals surface area (Å²) in [4.78, 5) is 26.8. The summed E-state index contributed by atoms with van der Waals surface area (Å²) in [5.41, 5.74) is 1.13. The standard InChI is InChI=1S/C22H21ClN2O4S2/c1-2-29-17-8-6-16(7-9-17)24-20(27)4-3-11-25-21(28)19(31-22(25)30)13-14-12-15(23)5-10-18(14)26/h5-10,12-13,26H,2-4,11H2,1H3,(H,24,27)/b19-13-. The zero-order chi connectivity index (χ0) is 22.4. The Kier molecular flexibility index (Phi) is 7.95. The number of rotatable bonds is 8. The van der Waals surface area contributed by atoms with Crippen molar-refractivity contribution in [3.8, 4) is 11.5 Å². The van der Waals surface area contributed by atoms with Crippen molar-refractivity contribution in [3.05, 3.63) is 58.0 Å². The van der Waals surface area contributed by atoms with E-state index in [1.54, 1.807) is 42.5 Å². The first-order chi connectivity index (χ1) is 14.9. The minimum Gasteiger partial charge on any atom is -0.507 e. The Labute approximate surface area is 195 Å².